The predicted molar refractivity (Wildman–Crippen MR) is 101 cm³/mol. The molecule has 0 saturated carbocycles. The van der Waals surface area contributed by atoms with E-state index in [1.807, 2.05) is 13.8 Å². The number of amides is 1. The number of hydrogen-bond donors (Lipinski definition) is 1. The fourth-order valence-corrected chi connectivity index (χ4v) is 4.28. The molecule has 0 unspecified atom stereocenters. The fourth-order valence-electron chi connectivity index (χ4n) is 4.28. The van der Waals surface area contributed by atoms with Crippen LogP contribution in [0.1, 0.15) is 66.4 Å². The first kappa shape index (κ1) is 19.8. The average Bonchev–Trinajstić information content (AvgIpc) is 3.38. The number of anilines is 1. The van der Waals surface area contributed by atoms with Gasteiger partial charge in [0.2, 0.25) is 0 Å². The Morgan fingerprint density at radius 2 is 2.14 bits per heavy atom. The van der Waals surface area contributed by atoms with Crippen molar-refractivity contribution in [2.45, 2.75) is 63.8 Å². The molecule has 29 heavy (non-hydrogen) atoms. The molecule has 1 amide bonds. The maximum atomic E-state index is 13.6. The van der Waals surface area contributed by atoms with Gasteiger partial charge in [0.25, 0.3) is 5.91 Å². The maximum Gasteiger partial charge on any atom is 0.410 e. The van der Waals surface area contributed by atoms with Crippen LogP contribution in [0.25, 0.3) is 0 Å². The number of rotatable bonds is 3. The van der Waals surface area contributed by atoms with Crippen molar-refractivity contribution in [2.24, 2.45) is 7.05 Å². The Labute approximate surface area is 166 Å². The molecule has 7 nitrogen and oxygen atoms in total. The molecular weight excluding hydrogens is 385 g/mol. The van der Waals surface area contributed by atoms with Crippen molar-refractivity contribution in [3.8, 4) is 0 Å². The molecule has 0 aliphatic carbocycles. The second-order valence-corrected chi connectivity index (χ2v) is 7.87. The minimum Gasteiger partial charge on any atom is -0.367 e. The third-order valence-electron chi connectivity index (χ3n) is 6.10. The summed E-state index contributed by atoms with van der Waals surface area (Å²) in [7, 11) is 1.77. The van der Waals surface area contributed by atoms with Crippen LogP contribution in [-0.4, -0.2) is 49.1 Å². The Hall–Kier alpha value is -2.52. The van der Waals surface area contributed by atoms with Gasteiger partial charge in [-0.15, -0.1) is 0 Å². The summed E-state index contributed by atoms with van der Waals surface area (Å²) in [5.41, 5.74) is 1.78. The lowest BCUT2D eigenvalue weighted by Gasteiger charge is -2.32. The first-order valence-corrected chi connectivity index (χ1v) is 9.93. The molecule has 1 saturated heterocycles. The normalized spacial score (nSPS) is 24.5. The van der Waals surface area contributed by atoms with Crippen LogP contribution in [0.5, 0.6) is 0 Å². The standard InChI is InChI=1S/C19H25F3N6O/c1-4-12-8-16(19(20,21)22)28-17(24-12)9-14(25-28)15-6-5-7-27(15)18(29)13-10-23-26(3)11(13)2/h9-10,12,15-16,24H,4-8H2,1-3H3/t12-,15+,16-/m1/s1. The average molecular weight is 410 g/mol. The van der Waals surface area contributed by atoms with Crippen molar-refractivity contribution in [1.29, 1.82) is 0 Å². The van der Waals surface area contributed by atoms with Gasteiger partial charge in [0, 0.05) is 31.4 Å². The lowest BCUT2D eigenvalue weighted by atomic mass is 10.0. The van der Waals surface area contributed by atoms with Gasteiger partial charge in [-0.05, 0) is 32.6 Å². The molecule has 10 heteroatoms. The van der Waals surface area contributed by atoms with Gasteiger partial charge in [0.05, 0.1) is 23.5 Å². The molecule has 2 aliphatic rings. The highest BCUT2D eigenvalue weighted by Crippen LogP contribution is 2.42. The summed E-state index contributed by atoms with van der Waals surface area (Å²) in [6.07, 6.45) is -0.817. The first-order valence-electron chi connectivity index (χ1n) is 9.93. The zero-order valence-corrected chi connectivity index (χ0v) is 16.7. The van der Waals surface area contributed by atoms with Crippen molar-refractivity contribution < 1.29 is 18.0 Å². The van der Waals surface area contributed by atoms with E-state index in [1.165, 1.54) is 0 Å². The third kappa shape index (κ3) is 3.38. The molecule has 158 valence electrons. The summed E-state index contributed by atoms with van der Waals surface area (Å²) in [6.45, 7) is 4.24. The van der Waals surface area contributed by atoms with Crippen LogP contribution in [-0.2, 0) is 7.05 Å². The van der Waals surface area contributed by atoms with E-state index in [9.17, 15) is 18.0 Å². The van der Waals surface area contributed by atoms with Gasteiger partial charge in [0.1, 0.15) is 5.82 Å². The number of carbonyl (C=O) groups is 1. The monoisotopic (exact) mass is 410 g/mol. The molecule has 2 aliphatic heterocycles. The number of hydrogen-bond acceptors (Lipinski definition) is 4. The summed E-state index contributed by atoms with van der Waals surface area (Å²) in [5, 5.41) is 11.6. The Kier molecular flexibility index (Phi) is 4.82. The maximum absolute atomic E-state index is 13.6. The van der Waals surface area contributed by atoms with Crippen LogP contribution in [0.15, 0.2) is 12.3 Å². The van der Waals surface area contributed by atoms with E-state index in [0.29, 0.717) is 36.5 Å². The van der Waals surface area contributed by atoms with E-state index in [2.05, 4.69) is 15.5 Å². The summed E-state index contributed by atoms with van der Waals surface area (Å²) in [4.78, 5) is 14.8. The lowest BCUT2D eigenvalue weighted by Crippen LogP contribution is -2.39. The van der Waals surface area contributed by atoms with E-state index < -0.39 is 12.2 Å². The largest absolute Gasteiger partial charge is 0.410 e. The SMILES string of the molecule is CC[C@@H]1C[C@H](C(F)(F)F)n2nc([C@@H]3CCCN3C(=O)c3cnn(C)c3C)cc2N1. The summed E-state index contributed by atoms with van der Waals surface area (Å²) in [5.74, 6) is 0.216. The Morgan fingerprint density at radius 3 is 2.76 bits per heavy atom. The number of alkyl halides is 3. The number of halogens is 3. The quantitative estimate of drug-likeness (QED) is 0.840. The molecule has 2 aromatic heterocycles. The van der Waals surface area contributed by atoms with Gasteiger partial charge in [-0.25, -0.2) is 4.68 Å². The molecule has 0 aromatic carbocycles. The Morgan fingerprint density at radius 1 is 1.38 bits per heavy atom. The summed E-state index contributed by atoms with van der Waals surface area (Å²) in [6, 6.07) is -0.565. The Bertz CT molecular complexity index is 918. The van der Waals surface area contributed by atoms with Crippen LogP contribution in [0.3, 0.4) is 0 Å². The smallest absolute Gasteiger partial charge is 0.367 e. The van der Waals surface area contributed by atoms with Gasteiger partial charge in [-0.1, -0.05) is 6.92 Å². The highest BCUT2D eigenvalue weighted by atomic mass is 19.4. The number of nitrogens with one attached hydrogen (secondary N) is 1. The Balaban J connectivity index is 1.66. The molecule has 3 atom stereocenters. The van der Waals surface area contributed by atoms with E-state index in [4.69, 9.17) is 0 Å². The number of nitrogens with zero attached hydrogens (tertiary/aromatic N) is 5. The molecule has 0 spiro atoms. The zero-order chi connectivity index (χ0) is 20.9. The van der Waals surface area contributed by atoms with E-state index in [1.54, 1.807) is 28.9 Å². The van der Waals surface area contributed by atoms with Crippen LogP contribution >= 0.6 is 0 Å². The van der Waals surface area contributed by atoms with Crippen LogP contribution in [0.4, 0.5) is 19.0 Å². The molecule has 0 radical (unpaired) electrons. The summed E-state index contributed by atoms with van der Waals surface area (Å²) >= 11 is 0. The highest BCUT2D eigenvalue weighted by molar-refractivity contribution is 5.95. The van der Waals surface area contributed by atoms with Crippen molar-refractivity contribution in [3.63, 3.8) is 0 Å². The minimum absolute atomic E-state index is 0.0453. The van der Waals surface area contributed by atoms with Crippen molar-refractivity contribution in [1.82, 2.24) is 24.5 Å². The molecular formula is C19H25F3N6O. The zero-order valence-electron chi connectivity index (χ0n) is 16.7. The van der Waals surface area contributed by atoms with Crippen LogP contribution < -0.4 is 5.32 Å². The van der Waals surface area contributed by atoms with Crippen molar-refractivity contribution in [3.05, 3.63) is 29.2 Å². The van der Waals surface area contributed by atoms with Gasteiger partial charge in [-0.2, -0.15) is 23.4 Å². The van der Waals surface area contributed by atoms with Gasteiger partial charge in [0.15, 0.2) is 6.04 Å². The first-order chi connectivity index (χ1) is 13.7. The number of aryl methyl sites for hydroxylation is 1. The molecule has 2 aromatic rings. The molecule has 4 heterocycles. The lowest BCUT2D eigenvalue weighted by molar-refractivity contribution is -0.173. The van der Waals surface area contributed by atoms with Crippen molar-refractivity contribution >= 4 is 11.7 Å². The number of likely N-dealkylation sites (tertiary alicyclic amines) is 1. The second-order valence-electron chi connectivity index (χ2n) is 7.87. The van der Waals surface area contributed by atoms with Crippen molar-refractivity contribution in [2.75, 3.05) is 11.9 Å². The van der Waals surface area contributed by atoms with E-state index >= 15 is 0 Å². The minimum atomic E-state index is -4.37. The predicted octanol–water partition coefficient (Wildman–Crippen LogP) is 3.60. The molecule has 4 rings (SSSR count). The molecule has 0 bridgehead atoms. The van der Waals surface area contributed by atoms with Gasteiger partial charge < -0.3 is 10.2 Å². The number of aromatic nitrogens is 4. The topological polar surface area (TPSA) is 68.0 Å². The fraction of sp³-hybridized carbons (Fsp3) is 0.632. The third-order valence-corrected chi connectivity index (χ3v) is 6.10. The highest BCUT2D eigenvalue weighted by Gasteiger charge is 2.46. The summed E-state index contributed by atoms with van der Waals surface area (Å²) < 4.78 is 43.6. The molecule has 1 fully saturated rings. The van der Waals surface area contributed by atoms with Gasteiger partial charge in [-0.3, -0.25) is 9.48 Å². The van der Waals surface area contributed by atoms with E-state index in [-0.39, 0.29) is 24.4 Å². The molecule has 1 N–H and O–H groups in total. The second kappa shape index (κ2) is 7.07. The van der Waals surface area contributed by atoms with Crippen LogP contribution in [0.2, 0.25) is 0 Å². The van der Waals surface area contributed by atoms with Gasteiger partial charge >= 0.3 is 6.18 Å². The van der Waals surface area contributed by atoms with E-state index in [0.717, 1.165) is 16.8 Å². The van der Waals surface area contributed by atoms with Crippen LogP contribution in [0, 0.1) is 6.92 Å². The number of fused-ring (bicyclic) bond motifs is 1. The number of carbonyl (C=O) groups excluding carboxylic acids is 1.